The molecule has 0 atom stereocenters. The predicted octanol–water partition coefficient (Wildman–Crippen LogP) is 2.10. The van der Waals surface area contributed by atoms with Gasteiger partial charge in [0.25, 0.3) is 0 Å². The third-order valence-electron chi connectivity index (χ3n) is 2.35. The van der Waals surface area contributed by atoms with Crippen LogP contribution in [0.5, 0.6) is 0 Å². The van der Waals surface area contributed by atoms with Crippen molar-refractivity contribution in [1.82, 2.24) is 0 Å². The molecule has 2 aromatic rings. The second-order valence-electron chi connectivity index (χ2n) is 3.40. The molecule has 15 heavy (non-hydrogen) atoms. The van der Waals surface area contributed by atoms with E-state index in [4.69, 9.17) is 19.6 Å². The molecule has 2 rings (SSSR count). The SMILES string of the molecule is [SH][Sn]([SH])([c]1ccccc1)[c]1ccccc1. The summed E-state index contributed by atoms with van der Waals surface area (Å²) in [6.45, 7) is 0. The molecule has 0 aromatic heterocycles. The number of hydrogen-bond donors (Lipinski definition) is 2. The van der Waals surface area contributed by atoms with Crippen LogP contribution in [0.4, 0.5) is 0 Å². The quantitative estimate of drug-likeness (QED) is 0.608. The van der Waals surface area contributed by atoms with Crippen LogP contribution in [0.15, 0.2) is 60.7 Å². The molecule has 0 saturated carbocycles. The number of rotatable bonds is 2. The van der Waals surface area contributed by atoms with Gasteiger partial charge in [-0.1, -0.05) is 0 Å². The van der Waals surface area contributed by atoms with Crippen LogP contribution in [0.2, 0.25) is 0 Å². The molecule has 0 bridgehead atoms. The van der Waals surface area contributed by atoms with E-state index in [1.165, 1.54) is 7.16 Å². The first kappa shape index (κ1) is 11.4. The summed E-state index contributed by atoms with van der Waals surface area (Å²) in [4.78, 5) is 0. The molecule has 0 aliphatic carbocycles. The fourth-order valence-electron chi connectivity index (χ4n) is 1.51. The Morgan fingerprint density at radius 1 is 0.600 bits per heavy atom. The van der Waals surface area contributed by atoms with Gasteiger partial charge < -0.3 is 0 Å². The van der Waals surface area contributed by atoms with Crippen molar-refractivity contribution < 1.29 is 0 Å². The second-order valence-corrected chi connectivity index (χ2v) is 21.9. The predicted molar refractivity (Wildman–Crippen MR) is 75.9 cm³/mol. The molecule has 0 heterocycles. The van der Waals surface area contributed by atoms with Crippen LogP contribution < -0.4 is 7.16 Å². The van der Waals surface area contributed by atoms with E-state index < -0.39 is 15.6 Å². The van der Waals surface area contributed by atoms with Gasteiger partial charge in [0.15, 0.2) is 0 Å². The Kier molecular flexibility index (Phi) is 3.69. The van der Waals surface area contributed by atoms with Gasteiger partial charge >= 0.3 is 103 Å². The van der Waals surface area contributed by atoms with Crippen molar-refractivity contribution in [1.29, 1.82) is 0 Å². The molecule has 0 fully saturated rings. The summed E-state index contributed by atoms with van der Waals surface area (Å²) in [5.74, 6) is 0. The average Bonchev–Trinajstić information content (AvgIpc) is 2.31. The van der Waals surface area contributed by atoms with E-state index in [9.17, 15) is 0 Å². The molecule has 76 valence electrons. The van der Waals surface area contributed by atoms with Crippen molar-refractivity contribution >= 4 is 42.4 Å². The van der Waals surface area contributed by atoms with E-state index in [2.05, 4.69) is 48.5 Å². The molecular weight excluding hydrogens is 327 g/mol. The Morgan fingerprint density at radius 2 is 0.933 bits per heavy atom. The second kappa shape index (κ2) is 4.85. The van der Waals surface area contributed by atoms with Crippen LogP contribution in [0.1, 0.15) is 0 Å². The van der Waals surface area contributed by atoms with Crippen LogP contribution in [0, 0.1) is 0 Å². The Hall–Kier alpha value is -0.0613. The Morgan fingerprint density at radius 3 is 1.27 bits per heavy atom. The molecule has 0 aliphatic heterocycles. The summed E-state index contributed by atoms with van der Waals surface area (Å²) < 4.78 is 2.59. The van der Waals surface area contributed by atoms with Gasteiger partial charge in [0.2, 0.25) is 0 Å². The van der Waals surface area contributed by atoms with Crippen LogP contribution in [-0.2, 0) is 0 Å². The summed E-state index contributed by atoms with van der Waals surface area (Å²) >= 11 is -2.86. The Balaban J connectivity index is 2.44. The number of thiol groups is 2. The molecule has 0 saturated heterocycles. The Labute approximate surface area is 102 Å². The third kappa shape index (κ3) is 2.55. The van der Waals surface area contributed by atoms with E-state index in [-0.39, 0.29) is 0 Å². The fraction of sp³-hybridized carbons (Fsp3) is 0. The van der Waals surface area contributed by atoms with Crippen molar-refractivity contribution in [2.24, 2.45) is 0 Å². The summed E-state index contributed by atoms with van der Waals surface area (Å²) in [5, 5.41) is 0. The molecule has 3 heteroatoms. The van der Waals surface area contributed by atoms with Crippen molar-refractivity contribution in [2.45, 2.75) is 0 Å². The van der Waals surface area contributed by atoms with Gasteiger partial charge in [0.05, 0.1) is 0 Å². The van der Waals surface area contributed by atoms with Gasteiger partial charge in [-0.05, 0) is 0 Å². The van der Waals surface area contributed by atoms with Crippen LogP contribution in [0.25, 0.3) is 0 Å². The van der Waals surface area contributed by atoms with Crippen molar-refractivity contribution in [3.8, 4) is 0 Å². The van der Waals surface area contributed by atoms with Gasteiger partial charge in [0.1, 0.15) is 0 Å². The summed E-state index contributed by atoms with van der Waals surface area (Å²) in [6, 6.07) is 20.8. The van der Waals surface area contributed by atoms with Crippen LogP contribution >= 0.6 is 19.6 Å². The van der Waals surface area contributed by atoms with Gasteiger partial charge in [0, 0.05) is 0 Å². The molecule has 0 unspecified atom stereocenters. The monoisotopic (exact) mass is 340 g/mol. The van der Waals surface area contributed by atoms with Crippen LogP contribution in [-0.4, -0.2) is 15.6 Å². The Bertz CT molecular complexity index is 384. The minimum atomic E-state index is -2.86. The zero-order chi connectivity index (χ0) is 10.7. The first-order valence-corrected chi connectivity index (χ1v) is 16.2. The fourth-order valence-corrected chi connectivity index (χ4v) is 10.2. The molecule has 0 amide bonds. The molecule has 2 aromatic carbocycles. The number of hydrogen-bond acceptors (Lipinski definition) is 2. The summed E-state index contributed by atoms with van der Waals surface area (Å²) in [6.07, 6.45) is 0. The molecule has 0 nitrogen and oxygen atoms in total. The first-order valence-electron chi connectivity index (χ1n) is 4.77. The minimum absolute atomic E-state index is 1.30. The topological polar surface area (TPSA) is 0 Å². The normalized spacial score (nSPS) is 11.3. The molecular formula is C12H12S2Sn. The first-order chi connectivity index (χ1) is 7.21. The molecule has 0 radical (unpaired) electrons. The zero-order valence-corrected chi connectivity index (χ0v) is 12.8. The van der Waals surface area contributed by atoms with Gasteiger partial charge in [-0.3, -0.25) is 0 Å². The van der Waals surface area contributed by atoms with Crippen molar-refractivity contribution in [2.75, 3.05) is 0 Å². The maximum absolute atomic E-state index is 4.84. The van der Waals surface area contributed by atoms with E-state index in [0.717, 1.165) is 0 Å². The van der Waals surface area contributed by atoms with Gasteiger partial charge in [-0.2, -0.15) is 0 Å². The average molecular weight is 339 g/mol. The number of benzene rings is 2. The zero-order valence-electron chi connectivity index (χ0n) is 8.17. The third-order valence-corrected chi connectivity index (χ3v) is 15.8. The van der Waals surface area contributed by atoms with Gasteiger partial charge in [-0.15, -0.1) is 0 Å². The van der Waals surface area contributed by atoms with E-state index >= 15 is 0 Å². The molecule has 0 spiro atoms. The molecule has 0 N–H and O–H groups in total. The summed E-state index contributed by atoms with van der Waals surface area (Å²) in [7, 11) is 9.68. The van der Waals surface area contributed by atoms with E-state index in [1.54, 1.807) is 0 Å². The van der Waals surface area contributed by atoms with Crippen molar-refractivity contribution in [3.05, 3.63) is 60.7 Å². The van der Waals surface area contributed by atoms with E-state index in [0.29, 0.717) is 0 Å². The standard InChI is InChI=1S/2C6H5.2H2S.Sn/c2*1-2-4-6-5-3-1;;;/h2*1-5H;2*1H2;/q;;;;+2/p-2. The van der Waals surface area contributed by atoms with E-state index in [1.807, 2.05) is 12.1 Å². The van der Waals surface area contributed by atoms with Gasteiger partial charge in [-0.25, -0.2) is 0 Å². The molecule has 0 aliphatic rings. The van der Waals surface area contributed by atoms with Crippen molar-refractivity contribution in [3.63, 3.8) is 0 Å². The van der Waals surface area contributed by atoms with Crippen LogP contribution in [0.3, 0.4) is 0 Å². The maximum atomic E-state index is 4.84. The summed E-state index contributed by atoms with van der Waals surface area (Å²) in [5.41, 5.74) is 0.